The SMILES string of the molecule is CC(NC(=O)COCC(=O)Nc1cccc(Br)c1)c1ccccc1. The lowest BCUT2D eigenvalue weighted by Crippen LogP contribution is -2.31. The molecule has 0 saturated carbocycles. The first-order valence-corrected chi connectivity index (χ1v) is 8.31. The normalized spacial score (nSPS) is 11.6. The van der Waals surface area contributed by atoms with Crippen LogP contribution >= 0.6 is 15.9 Å². The van der Waals surface area contributed by atoms with Gasteiger partial charge in [-0.25, -0.2) is 0 Å². The van der Waals surface area contributed by atoms with Crippen molar-refractivity contribution in [2.24, 2.45) is 0 Å². The van der Waals surface area contributed by atoms with Gasteiger partial charge in [0.1, 0.15) is 13.2 Å². The van der Waals surface area contributed by atoms with Crippen LogP contribution in [-0.2, 0) is 14.3 Å². The second-order valence-corrected chi connectivity index (χ2v) is 6.17. The van der Waals surface area contributed by atoms with Gasteiger partial charge in [-0.1, -0.05) is 52.3 Å². The number of ether oxygens (including phenoxy) is 1. The predicted molar refractivity (Wildman–Crippen MR) is 96.6 cm³/mol. The van der Waals surface area contributed by atoms with Crippen molar-refractivity contribution < 1.29 is 14.3 Å². The molecule has 0 saturated heterocycles. The van der Waals surface area contributed by atoms with Crippen LogP contribution in [0.3, 0.4) is 0 Å². The number of halogens is 1. The van der Waals surface area contributed by atoms with Crippen LogP contribution in [0.2, 0.25) is 0 Å². The van der Waals surface area contributed by atoms with Gasteiger partial charge in [-0.15, -0.1) is 0 Å². The van der Waals surface area contributed by atoms with E-state index in [1.807, 2.05) is 49.4 Å². The second-order valence-electron chi connectivity index (χ2n) is 5.25. The van der Waals surface area contributed by atoms with Crippen molar-refractivity contribution in [3.8, 4) is 0 Å². The Kier molecular flexibility index (Phi) is 6.96. The van der Waals surface area contributed by atoms with Crippen LogP contribution in [0.1, 0.15) is 18.5 Å². The molecule has 0 aliphatic rings. The number of carbonyl (C=O) groups excluding carboxylic acids is 2. The molecule has 0 aliphatic carbocycles. The molecule has 24 heavy (non-hydrogen) atoms. The Hall–Kier alpha value is -2.18. The number of amides is 2. The van der Waals surface area contributed by atoms with Gasteiger partial charge >= 0.3 is 0 Å². The van der Waals surface area contributed by atoms with E-state index in [2.05, 4.69) is 26.6 Å². The Morgan fingerprint density at radius 3 is 2.46 bits per heavy atom. The van der Waals surface area contributed by atoms with Crippen molar-refractivity contribution in [1.82, 2.24) is 5.32 Å². The first-order chi connectivity index (χ1) is 11.5. The molecule has 1 atom stereocenters. The largest absolute Gasteiger partial charge is 0.362 e. The van der Waals surface area contributed by atoms with Gasteiger partial charge in [0, 0.05) is 10.2 Å². The van der Waals surface area contributed by atoms with Crippen molar-refractivity contribution in [3.63, 3.8) is 0 Å². The number of hydrogen-bond acceptors (Lipinski definition) is 3. The van der Waals surface area contributed by atoms with Gasteiger partial charge in [0.05, 0.1) is 6.04 Å². The molecular weight excluding hydrogens is 372 g/mol. The molecule has 2 N–H and O–H groups in total. The third-order valence-corrected chi connectivity index (χ3v) is 3.75. The third-order valence-electron chi connectivity index (χ3n) is 3.25. The number of hydrogen-bond donors (Lipinski definition) is 2. The van der Waals surface area contributed by atoms with E-state index in [1.54, 1.807) is 12.1 Å². The summed E-state index contributed by atoms with van der Waals surface area (Å²) in [4.78, 5) is 23.6. The molecule has 6 heteroatoms. The van der Waals surface area contributed by atoms with Gasteiger partial charge in [-0.3, -0.25) is 9.59 Å². The second kappa shape index (κ2) is 9.20. The molecule has 2 amide bonds. The fourth-order valence-electron chi connectivity index (χ4n) is 2.11. The number of carbonyl (C=O) groups is 2. The van der Waals surface area contributed by atoms with E-state index in [9.17, 15) is 9.59 Å². The first-order valence-electron chi connectivity index (χ1n) is 7.52. The summed E-state index contributed by atoms with van der Waals surface area (Å²) in [5, 5.41) is 5.52. The summed E-state index contributed by atoms with van der Waals surface area (Å²) in [6, 6.07) is 16.8. The molecule has 0 bridgehead atoms. The van der Waals surface area contributed by atoms with Crippen LogP contribution in [0.15, 0.2) is 59.1 Å². The summed E-state index contributed by atoms with van der Waals surface area (Å²) >= 11 is 3.33. The van der Waals surface area contributed by atoms with Crippen molar-refractivity contribution in [1.29, 1.82) is 0 Å². The number of nitrogens with one attached hydrogen (secondary N) is 2. The molecule has 0 aromatic heterocycles. The van der Waals surface area contributed by atoms with Crippen LogP contribution in [0, 0.1) is 0 Å². The lowest BCUT2D eigenvalue weighted by Gasteiger charge is -2.14. The Morgan fingerprint density at radius 1 is 1.04 bits per heavy atom. The maximum atomic E-state index is 11.8. The fraction of sp³-hybridized carbons (Fsp3) is 0.222. The highest BCUT2D eigenvalue weighted by Crippen LogP contribution is 2.15. The Labute approximate surface area is 149 Å². The Balaban J connectivity index is 1.69. The number of benzene rings is 2. The fourth-order valence-corrected chi connectivity index (χ4v) is 2.51. The van der Waals surface area contributed by atoms with E-state index in [1.165, 1.54) is 0 Å². The molecule has 1 unspecified atom stereocenters. The van der Waals surface area contributed by atoms with Crippen molar-refractivity contribution >= 4 is 33.4 Å². The third kappa shape index (κ3) is 6.14. The zero-order valence-corrected chi connectivity index (χ0v) is 14.9. The molecule has 0 heterocycles. The smallest absolute Gasteiger partial charge is 0.250 e. The maximum Gasteiger partial charge on any atom is 0.250 e. The average Bonchev–Trinajstić information content (AvgIpc) is 2.55. The molecule has 2 rings (SSSR count). The molecule has 0 fully saturated rings. The van der Waals surface area contributed by atoms with Gasteiger partial charge < -0.3 is 15.4 Å². The standard InChI is InChI=1S/C18H19BrN2O3/c1-13(14-6-3-2-4-7-14)20-17(22)11-24-12-18(23)21-16-9-5-8-15(19)10-16/h2-10,13H,11-12H2,1H3,(H,20,22)(H,21,23). The number of anilines is 1. The minimum absolute atomic E-state index is 0.113. The van der Waals surface area contributed by atoms with Crippen molar-refractivity contribution in [2.45, 2.75) is 13.0 Å². The van der Waals surface area contributed by atoms with E-state index in [4.69, 9.17) is 4.74 Å². The Morgan fingerprint density at radius 2 is 1.75 bits per heavy atom. The molecule has 2 aromatic carbocycles. The van der Waals surface area contributed by atoms with Gasteiger partial charge in [0.2, 0.25) is 11.8 Å². The minimum atomic E-state index is -0.308. The van der Waals surface area contributed by atoms with Crippen LogP contribution in [0.25, 0.3) is 0 Å². The summed E-state index contributed by atoms with van der Waals surface area (Å²) in [6.07, 6.45) is 0. The maximum absolute atomic E-state index is 11.8. The van der Waals surface area contributed by atoms with Gasteiger partial charge in [0.15, 0.2) is 0 Å². The molecule has 0 spiro atoms. The molecular formula is C18H19BrN2O3. The van der Waals surface area contributed by atoms with Crippen LogP contribution < -0.4 is 10.6 Å². The summed E-state index contributed by atoms with van der Waals surface area (Å²) in [5.41, 5.74) is 1.68. The molecule has 0 aliphatic heterocycles. The van der Waals surface area contributed by atoms with Gasteiger partial charge in [-0.05, 0) is 30.7 Å². The zero-order valence-electron chi connectivity index (χ0n) is 13.3. The lowest BCUT2D eigenvalue weighted by atomic mass is 10.1. The van der Waals surface area contributed by atoms with Crippen LogP contribution in [-0.4, -0.2) is 25.0 Å². The van der Waals surface area contributed by atoms with E-state index >= 15 is 0 Å². The van der Waals surface area contributed by atoms with Gasteiger partial charge in [-0.2, -0.15) is 0 Å². The van der Waals surface area contributed by atoms with Gasteiger partial charge in [0.25, 0.3) is 0 Å². The molecule has 2 aromatic rings. The quantitative estimate of drug-likeness (QED) is 0.761. The minimum Gasteiger partial charge on any atom is -0.362 e. The number of rotatable bonds is 7. The average molecular weight is 391 g/mol. The summed E-state index contributed by atoms with van der Waals surface area (Å²) < 4.78 is 6.03. The summed E-state index contributed by atoms with van der Waals surface area (Å²) in [7, 11) is 0. The Bertz CT molecular complexity index is 692. The van der Waals surface area contributed by atoms with Crippen molar-refractivity contribution in [2.75, 3.05) is 18.5 Å². The zero-order chi connectivity index (χ0) is 17.4. The van der Waals surface area contributed by atoms with E-state index in [-0.39, 0.29) is 31.1 Å². The van der Waals surface area contributed by atoms with Crippen LogP contribution in [0.4, 0.5) is 5.69 Å². The van der Waals surface area contributed by atoms with E-state index in [0.717, 1.165) is 10.0 Å². The topological polar surface area (TPSA) is 67.4 Å². The summed E-state index contributed by atoms with van der Waals surface area (Å²) in [5.74, 6) is -0.571. The van der Waals surface area contributed by atoms with Crippen LogP contribution in [0.5, 0.6) is 0 Å². The monoisotopic (exact) mass is 390 g/mol. The highest BCUT2D eigenvalue weighted by molar-refractivity contribution is 9.10. The molecule has 0 radical (unpaired) electrons. The van der Waals surface area contributed by atoms with E-state index < -0.39 is 0 Å². The molecule has 126 valence electrons. The predicted octanol–water partition coefficient (Wildman–Crippen LogP) is 3.28. The molecule has 5 nitrogen and oxygen atoms in total. The highest BCUT2D eigenvalue weighted by Gasteiger charge is 2.10. The van der Waals surface area contributed by atoms with E-state index in [0.29, 0.717) is 5.69 Å². The first kappa shape index (κ1) is 18.2. The highest BCUT2D eigenvalue weighted by atomic mass is 79.9. The van der Waals surface area contributed by atoms with Crippen molar-refractivity contribution in [3.05, 3.63) is 64.6 Å². The summed E-state index contributed by atoms with van der Waals surface area (Å²) in [6.45, 7) is 1.55. The lowest BCUT2D eigenvalue weighted by molar-refractivity contribution is -0.129.